The monoisotopic (exact) mass is 368 g/mol. The molecular weight excluding hydrogens is 356 g/mol. The predicted molar refractivity (Wildman–Crippen MR) is 94.4 cm³/mol. The zero-order valence-electron chi connectivity index (χ0n) is 13.2. The first-order valence-electron chi connectivity index (χ1n) is 7.57. The lowest BCUT2D eigenvalue weighted by Crippen LogP contribution is -2.28. The van der Waals surface area contributed by atoms with Gasteiger partial charge in [0.25, 0.3) is 5.65 Å². The Hall–Kier alpha value is -3.14. The lowest BCUT2D eigenvalue weighted by molar-refractivity contribution is -0.552. The second-order valence-corrected chi connectivity index (χ2v) is 6.42. The number of aromatic amines is 1. The minimum Gasteiger partial charge on any atom is -0.726 e. The Kier molecular flexibility index (Phi) is 3.76. The molecule has 3 aromatic heterocycles. The van der Waals surface area contributed by atoms with E-state index in [2.05, 4.69) is 29.2 Å². The number of pyridine rings is 1. The molecule has 3 heterocycles. The minimum absolute atomic E-state index is 0.825. The van der Waals surface area contributed by atoms with Crippen LogP contribution in [0.5, 0.6) is 0 Å². The molecule has 5 aromatic rings. The van der Waals surface area contributed by atoms with Crippen molar-refractivity contribution < 1.29 is 22.0 Å². The van der Waals surface area contributed by atoms with E-state index in [0.717, 1.165) is 38.6 Å². The van der Waals surface area contributed by atoms with E-state index in [1.54, 1.807) is 0 Å². The molecular formula is C17H12N4O4S. The summed E-state index contributed by atoms with van der Waals surface area (Å²) in [5, 5.41) is 7.07. The standard InChI is InChI=1S/C17H10N4.H2O4S/c1-4-8-14-11(5-1)9-10-15-19-17-16(20-21(14)15)12-6-2-3-7-13(12)18-17;1-5(2,3)4/h1-10H;(H2,1,2,3,4). The van der Waals surface area contributed by atoms with Crippen LogP contribution in [0, 0.1) is 0 Å². The Morgan fingerprint density at radius 3 is 2.50 bits per heavy atom. The lowest BCUT2D eigenvalue weighted by Gasteiger charge is -1.96. The van der Waals surface area contributed by atoms with Gasteiger partial charge in [0.05, 0.1) is 5.52 Å². The third-order valence-electron chi connectivity index (χ3n) is 3.88. The summed E-state index contributed by atoms with van der Waals surface area (Å²) >= 11 is 0. The number of hydrogen-bond donors (Lipinski definition) is 2. The molecule has 0 aliphatic heterocycles. The van der Waals surface area contributed by atoms with Crippen molar-refractivity contribution >= 4 is 49.0 Å². The van der Waals surface area contributed by atoms with Gasteiger partial charge in [-0.3, -0.25) is 4.55 Å². The van der Waals surface area contributed by atoms with Gasteiger partial charge >= 0.3 is 5.65 Å². The Balaban J connectivity index is 0.000000301. The van der Waals surface area contributed by atoms with Crippen LogP contribution < -0.4 is 4.52 Å². The number of aromatic nitrogens is 4. The third-order valence-corrected chi connectivity index (χ3v) is 3.88. The number of benzene rings is 2. The van der Waals surface area contributed by atoms with Crippen molar-refractivity contribution in [1.82, 2.24) is 15.1 Å². The maximum atomic E-state index is 8.63. The van der Waals surface area contributed by atoms with E-state index < -0.39 is 10.4 Å². The summed E-state index contributed by atoms with van der Waals surface area (Å²) < 4.78 is 34.7. The molecule has 130 valence electrons. The molecule has 2 N–H and O–H groups in total. The second kappa shape index (κ2) is 5.99. The summed E-state index contributed by atoms with van der Waals surface area (Å²) in [6, 6.07) is 20.4. The Morgan fingerprint density at radius 1 is 1.00 bits per heavy atom. The van der Waals surface area contributed by atoms with E-state index in [4.69, 9.17) is 27.6 Å². The Bertz CT molecular complexity index is 1370. The van der Waals surface area contributed by atoms with E-state index in [1.807, 2.05) is 40.9 Å². The normalized spacial score (nSPS) is 11.8. The molecule has 0 atom stereocenters. The molecule has 0 aliphatic carbocycles. The Morgan fingerprint density at radius 2 is 1.69 bits per heavy atom. The summed E-state index contributed by atoms with van der Waals surface area (Å²) in [6.07, 6.45) is 0. The zero-order valence-corrected chi connectivity index (χ0v) is 14.0. The van der Waals surface area contributed by atoms with Crippen LogP contribution >= 0.6 is 0 Å². The van der Waals surface area contributed by atoms with Crippen molar-refractivity contribution in [2.24, 2.45) is 0 Å². The molecule has 2 aromatic carbocycles. The number of para-hydroxylation sites is 2. The molecule has 0 radical (unpaired) electrons. The average molecular weight is 368 g/mol. The van der Waals surface area contributed by atoms with Crippen LogP contribution in [0.4, 0.5) is 0 Å². The van der Waals surface area contributed by atoms with Gasteiger partial charge in [-0.2, -0.15) is 0 Å². The van der Waals surface area contributed by atoms with E-state index >= 15 is 0 Å². The van der Waals surface area contributed by atoms with E-state index in [-0.39, 0.29) is 0 Å². The molecule has 9 heteroatoms. The maximum Gasteiger partial charge on any atom is 0.351 e. The van der Waals surface area contributed by atoms with Crippen LogP contribution in [-0.4, -0.2) is 32.6 Å². The molecule has 0 saturated heterocycles. The van der Waals surface area contributed by atoms with Gasteiger partial charge in [-0.15, -0.1) is 0 Å². The predicted octanol–water partition coefficient (Wildman–Crippen LogP) is 2.01. The number of rotatable bonds is 0. The summed E-state index contributed by atoms with van der Waals surface area (Å²) in [5.74, 6) is 0. The highest BCUT2D eigenvalue weighted by molar-refractivity contribution is 7.79. The van der Waals surface area contributed by atoms with Crippen LogP contribution in [0.15, 0.2) is 60.7 Å². The van der Waals surface area contributed by atoms with Gasteiger partial charge in [-0.1, -0.05) is 46.0 Å². The smallest absolute Gasteiger partial charge is 0.351 e. The second-order valence-electron chi connectivity index (χ2n) is 5.57. The SMILES string of the molecule is O=S(=O)([O-])O.c1ccc2c(c1)ccc1nc3[nH]c4ccccc4c3n[n+]12. The first kappa shape index (κ1) is 16.3. The van der Waals surface area contributed by atoms with E-state index in [1.165, 1.54) is 0 Å². The summed E-state index contributed by atoms with van der Waals surface area (Å²) in [5.41, 5.74) is 4.70. The van der Waals surface area contributed by atoms with E-state index in [9.17, 15) is 0 Å². The molecule has 0 amide bonds. The summed E-state index contributed by atoms with van der Waals surface area (Å²) in [4.78, 5) is 8.04. The fourth-order valence-corrected chi connectivity index (χ4v) is 2.88. The van der Waals surface area contributed by atoms with Gasteiger partial charge < -0.3 is 9.54 Å². The van der Waals surface area contributed by atoms with Gasteiger partial charge in [0.1, 0.15) is 0 Å². The van der Waals surface area contributed by atoms with Gasteiger partial charge in [0.2, 0.25) is 10.4 Å². The minimum atomic E-state index is -4.92. The highest BCUT2D eigenvalue weighted by Gasteiger charge is 2.16. The Labute approximate surface area is 147 Å². The van der Waals surface area contributed by atoms with Crippen LogP contribution in [-0.2, 0) is 10.4 Å². The molecule has 0 saturated carbocycles. The number of nitrogens with zero attached hydrogens (tertiary/aromatic N) is 3. The number of hydrogen-bond acceptors (Lipinski definition) is 5. The number of fused-ring (bicyclic) bond motifs is 6. The van der Waals surface area contributed by atoms with Crippen molar-refractivity contribution in [1.29, 1.82) is 0 Å². The summed E-state index contributed by atoms with van der Waals surface area (Å²) in [6.45, 7) is 0. The van der Waals surface area contributed by atoms with Gasteiger partial charge in [-0.25, -0.2) is 8.42 Å². The first-order valence-corrected chi connectivity index (χ1v) is 8.93. The quantitative estimate of drug-likeness (QED) is 0.186. The van der Waals surface area contributed by atoms with Gasteiger partial charge in [-0.05, 0) is 23.2 Å². The molecule has 0 fully saturated rings. The number of nitrogens with one attached hydrogen (secondary N) is 1. The molecule has 0 bridgehead atoms. The molecule has 0 spiro atoms. The molecule has 26 heavy (non-hydrogen) atoms. The highest BCUT2D eigenvalue weighted by atomic mass is 32.3. The number of H-pyrrole nitrogens is 1. The fraction of sp³-hybridized carbons (Fsp3) is 0. The topological polar surface area (TPSA) is 123 Å². The third kappa shape index (κ3) is 3.06. The first-order chi connectivity index (χ1) is 12.4. The van der Waals surface area contributed by atoms with Crippen molar-refractivity contribution in [3.8, 4) is 0 Å². The molecule has 8 nitrogen and oxygen atoms in total. The summed E-state index contributed by atoms with van der Waals surface area (Å²) in [7, 11) is -4.92. The van der Waals surface area contributed by atoms with Crippen LogP contribution in [0.1, 0.15) is 0 Å². The lowest BCUT2D eigenvalue weighted by atomic mass is 10.2. The van der Waals surface area contributed by atoms with Gasteiger partial charge in [0, 0.05) is 16.8 Å². The van der Waals surface area contributed by atoms with Crippen LogP contribution in [0.3, 0.4) is 0 Å². The van der Waals surface area contributed by atoms with E-state index in [0.29, 0.717) is 0 Å². The fourth-order valence-electron chi connectivity index (χ4n) is 2.88. The highest BCUT2D eigenvalue weighted by Crippen LogP contribution is 2.21. The van der Waals surface area contributed by atoms with Crippen LogP contribution in [0.2, 0.25) is 0 Å². The van der Waals surface area contributed by atoms with Crippen molar-refractivity contribution in [2.75, 3.05) is 0 Å². The molecule has 0 aliphatic rings. The molecule has 5 rings (SSSR count). The van der Waals surface area contributed by atoms with Crippen molar-refractivity contribution in [3.63, 3.8) is 0 Å². The average Bonchev–Trinajstić information content (AvgIpc) is 2.96. The molecule has 0 unspecified atom stereocenters. The van der Waals surface area contributed by atoms with Crippen molar-refractivity contribution in [3.05, 3.63) is 60.7 Å². The van der Waals surface area contributed by atoms with Crippen molar-refractivity contribution in [2.45, 2.75) is 0 Å². The van der Waals surface area contributed by atoms with Gasteiger partial charge in [0.15, 0.2) is 11.0 Å². The largest absolute Gasteiger partial charge is 0.726 e. The van der Waals surface area contributed by atoms with Crippen LogP contribution in [0.25, 0.3) is 38.6 Å². The zero-order chi connectivity index (χ0) is 18.3. The maximum absolute atomic E-state index is 8.63.